The Balaban J connectivity index is 1.78. The average molecular weight is 407 g/mol. The fourth-order valence-electron chi connectivity index (χ4n) is 2.82. The van der Waals surface area contributed by atoms with Gasteiger partial charge in [-0.05, 0) is 29.8 Å². The molecule has 1 aliphatic heterocycles. The van der Waals surface area contributed by atoms with Crippen LogP contribution in [-0.4, -0.2) is 41.6 Å². The van der Waals surface area contributed by atoms with Crippen LogP contribution < -0.4 is 14.8 Å². The molecule has 152 valence electrons. The number of hydrogen-bond donors (Lipinski definition) is 2. The lowest BCUT2D eigenvalue weighted by Gasteiger charge is -2.12. The number of hydrogen-bond acceptors (Lipinski definition) is 6. The minimum absolute atomic E-state index is 0.0417. The van der Waals surface area contributed by atoms with Crippen molar-refractivity contribution in [3.05, 3.63) is 64.9 Å². The second kappa shape index (κ2) is 8.79. The molecule has 0 spiro atoms. The Hall–Kier alpha value is -4.32. The Bertz CT molecular complexity index is 1090. The maximum absolute atomic E-state index is 12.2. The molecular formula is C21H17N3O6. The normalized spacial score (nSPS) is 14.4. The molecule has 0 unspecified atom stereocenters. The van der Waals surface area contributed by atoms with E-state index in [1.807, 2.05) is 6.07 Å². The first-order valence-electron chi connectivity index (χ1n) is 8.78. The Labute approximate surface area is 171 Å². The van der Waals surface area contributed by atoms with Crippen molar-refractivity contribution in [3.63, 3.8) is 0 Å². The standard InChI is InChI=1S/C21H17N3O6/c1-29-18-9-13(8-16-20(27)24(11-19(25)26)21(28)23-16)6-7-17(18)30-12-15-5-3-2-4-14(15)10-22/h2-9H,11-12H2,1H3,(H,23,28)(H,25,26)/b16-8+. The zero-order valence-corrected chi connectivity index (χ0v) is 15.9. The van der Waals surface area contributed by atoms with Crippen LogP contribution in [0.2, 0.25) is 0 Å². The van der Waals surface area contributed by atoms with E-state index in [0.29, 0.717) is 27.5 Å². The molecule has 1 aliphatic rings. The number of imide groups is 1. The van der Waals surface area contributed by atoms with E-state index in [2.05, 4.69) is 11.4 Å². The largest absolute Gasteiger partial charge is 0.493 e. The average Bonchev–Trinajstić information content (AvgIpc) is 2.99. The Kier molecular flexibility index (Phi) is 5.98. The number of carboxylic acid groups (broad SMARTS) is 1. The molecule has 0 atom stereocenters. The number of urea groups is 1. The van der Waals surface area contributed by atoms with Crippen LogP contribution >= 0.6 is 0 Å². The summed E-state index contributed by atoms with van der Waals surface area (Å²) >= 11 is 0. The van der Waals surface area contributed by atoms with E-state index < -0.39 is 24.5 Å². The molecule has 0 aromatic heterocycles. The molecule has 9 heteroatoms. The lowest BCUT2D eigenvalue weighted by Crippen LogP contribution is -2.35. The summed E-state index contributed by atoms with van der Waals surface area (Å²) in [6, 6.07) is 13.3. The molecular weight excluding hydrogens is 390 g/mol. The molecule has 0 aliphatic carbocycles. The van der Waals surface area contributed by atoms with Gasteiger partial charge in [0.2, 0.25) is 0 Å². The van der Waals surface area contributed by atoms with E-state index >= 15 is 0 Å². The Morgan fingerprint density at radius 2 is 2.00 bits per heavy atom. The summed E-state index contributed by atoms with van der Waals surface area (Å²) in [5, 5.41) is 20.3. The van der Waals surface area contributed by atoms with Crippen molar-refractivity contribution in [3.8, 4) is 17.6 Å². The molecule has 0 saturated carbocycles. The first-order valence-corrected chi connectivity index (χ1v) is 8.78. The predicted octanol–water partition coefficient (Wildman–Crippen LogP) is 2.12. The topological polar surface area (TPSA) is 129 Å². The van der Waals surface area contributed by atoms with Crippen molar-refractivity contribution in [2.45, 2.75) is 6.61 Å². The minimum atomic E-state index is -1.29. The zero-order chi connectivity index (χ0) is 21.7. The Morgan fingerprint density at radius 3 is 2.70 bits per heavy atom. The smallest absolute Gasteiger partial charge is 0.329 e. The van der Waals surface area contributed by atoms with Crippen LogP contribution in [0.4, 0.5) is 4.79 Å². The molecule has 1 heterocycles. The summed E-state index contributed by atoms with van der Waals surface area (Å²) in [6.07, 6.45) is 1.42. The van der Waals surface area contributed by atoms with Crippen LogP contribution in [0, 0.1) is 11.3 Å². The third kappa shape index (κ3) is 4.39. The zero-order valence-electron chi connectivity index (χ0n) is 15.9. The summed E-state index contributed by atoms with van der Waals surface area (Å²) in [6.45, 7) is -0.554. The number of nitrogens with zero attached hydrogens (tertiary/aromatic N) is 2. The first-order chi connectivity index (χ1) is 14.4. The number of carbonyl (C=O) groups excluding carboxylic acids is 2. The monoisotopic (exact) mass is 407 g/mol. The minimum Gasteiger partial charge on any atom is -0.493 e. The number of nitrogens with one attached hydrogen (secondary N) is 1. The highest BCUT2D eigenvalue weighted by Crippen LogP contribution is 2.30. The van der Waals surface area contributed by atoms with Gasteiger partial charge in [0.15, 0.2) is 11.5 Å². The third-order valence-electron chi connectivity index (χ3n) is 4.28. The fourth-order valence-corrected chi connectivity index (χ4v) is 2.82. The molecule has 30 heavy (non-hydrogen) atoms. The molecule has 0 bridgehead atoms. The highest BCUT2D eigenvalue weighted by molar-refractivity contribution is 6.15. The molecule has 9 nitrogen and oxygen atoms in total. The summed E-state index contributed by atoms with van der Waals surface area (Å²) in [7, 11) is 1.46. The molecule has 3 rings (SSSR count). The van der Waals surface area contributed by atoms with Gasteiger partial charge in [-0.25, -0.2) is 9.69 Å². The van der Waals surface area contributed by atoms with E-state index in [4.69, 9.17) is 19.8 Å². The predicted molar refractivity (Wildman–Crippen MR) is 104 cm³/mol. The number of benzene rings is 2. The van der Waals surface area contributed by atoms with Crippen molar-refractivity contribution >= 4 is 24.0 Å². The van der Waals surface area contributed by atoms with Crippen molar-refractivity contribution < 1.29 is 29.0 Å². The van der Waals surface area contributed by atoms with Crippen LogP contribution in [-0.2, 0) is 16.2 Å². The van der Waals surface area contributed by atoms with E-state index in [0.717, 1.165) is 5.56 Å². The van der Waals surface area contributed by atoms with Gasteiger partial charge in [-0.15, -0.1) is 0 Å². The molecule has 2 aromatic rings. The van der Waals surface area contributed by atoms with Crippen molar-refractivity contribution in [2.24, 2.45) is 0 Å². The number of carboxylic acids is 1. The summed E-state index contributed by atoms with van der Waals surface area (Å²) in [5.74, 6) is -1.20. The van der Waals surface area contributed by atoms with Crippen LogP contribution in [0.25, 0.3) is 6.08 Å². The maximum Gasteiger partial charge on any atom is 0.329 e. The van der Waals surface area contributed by atoms with Crippen molar-refractivity contribution in [2.75, 3.05) is 13.7 Å². The van der Waals surface area contributed by atoms with Gasteiger partial charge in [-0.1, -0.05) is 24.3 Å². The van der Waals surface area contributed by atoms with Crippen molar-refractivity contribution in [1.82, 2.24) is 10.2 Å². The number of nitriles is 1. The number of aliphatic carboxylic acids is 1. The lowest BCUT2D eigenvalue weighted by atomic mass is 10.1. The lowest BCUT2D eigenvalue weighted by molar-refractivity contribution is -0.140. The first kappa shape index (κ1) is 20.4. The van der Waals surface area contributed by atoms with Gasteiger partial charge in [0.05, 0.1) is 18.7 Å². The maximum atomic E-state index is 12.2. The van der Waals surface area contributed by atoms with E-state index in [1.165, 1.54) is 13.2 Å². The van der Waals surface area contributed by atoms with E-state index in [9.17, 15) is 14.4 Å². The molecule has 3 amide bonds. The molecule has 2 aromatic carbocycles. The second-order valence-corrected chi connectivity index (χ2v) is 6.24. The second-order valence-electron chi connectivity index (χ2n) is 6.24. The van der Waals surface area contributed by atoms with Gasteiger partial charge in [-0.3, -0.25) is 9.59 Å². The van der Waals surface area contributed by atoms with E-state index in [1.54, 1.807) is 36.4 Å². The van der Waals surface area contributed by atoms with Crippen LogP contribution in [0.3, 0.4) is 0 Å². The van der Waals surface area contributed by atoms with Crippen molar-refractivity contribution in [1.29, 1.82) is 5.26 Å². The molecule has 1 saturated heterocycles. The number of methoxy groups -OCH3 is 1. The number of carbonyl (C=O) groups is 3. The van der Waals surface area contributed by atoms with Crippen LogP contribution in [0.1, 0.15) is 16.7 Å². The summed E-state index contributed by atoms with van der Waals surface area (Å²) in [5.41, 5.74) is 1.74. The number of ether oxygens (including phenoxy) is 2. The quantitative estimate of drug-likeness (QED) is 0.531. The number of amides is 3. The van der Waals surface area contributed by atoms with Gasteiger partial charge in [0.1, 0.15) is 18.8 Å². The van der Waals surface area contributed by atoms with Gasteiger partial charge in [-0.2, -0.15) is 5.26 Å². The van der Waals surface area contributed by atoms with Gasteiger partial charge in [0, 0.05) is 5.56 Å². The van der Waals surface area contributed by atoms with E-state index in [-0.39, 0.29) is 12.3 Å². The van der Waals surface area contributed by atoms with Crippen LogP contribution in [0.5, 0.6) is 11.5 Å². The number of rotatable bonds is 7. The molecule has 2 N–H and O–H groups in total. The third-order valence-corrected chi connectivity index (χ3v) is 4.28. The summed E-state index contributed by atoms with van der Waals surface area (Å²) in [4.78, 5) is 35.4. The SMILES string of the molecule is COc1cc(/C=C2/NC(=O)N(CC(=O)O)C2=O)ccc1OCc1ccccc1C#N. The summed E-state index contributed by atoms with van der Waals surface area (Å²) < 4.78 is 11.1. The fraction of sp³-hybridized carbons (Fsp3) is 0.143. The van der Waals surface area contributed by atoms with Gasteiger partial charge < -0.3 is 19.9 Å². The Morgan fingerprint density at radius 1 is 1.23 bits per heavy atom. The van der Waals surface area contributed by atoms with Crippen LogP contribution in [0.15, 0.2) is 48.2 Å². The van der Waals surface area contributed by atoms with Gasteiger partial charge >= 0.3 is 12.0 Å². The molecule has 1 fully saturated rings. The van der Waals surface area contributed by atoms with Gasteiger partial charge in [0.25, 0.3) is 5.91 Å². The molecule has 0 radical (unpaired) electrons. The highest BCUT2D eigenvalue weighted by Gasteiger charge is 2.34. The highest BCUT2D eigenvalue weighted by atomic mass is 16.5.